The minimum Gasteiger partial charge on any atom is -0.452 e. The lowest BCUT2D eigenvalue weighted by molar-refractivity contribution is -0.119. The van der Waals surface area contributed by atoms with Crippen LogP contribution in [0.15, 0.2) is 60.8 Å². The van der Waals surface area contributed by atoms with Crippen molar-refractivity contribution in [1.82, 2.24) is 10.2 Å². The molecular formula is C22H21N3O4. The second-order valence-corrected chi connectivity index (χ2v) is 6.72. The van der Waals surface area contributed by atoms with Crippen LogP contribution in [0.4, 0.5) is 5.69 Å². The summed E-state index contributed by atoms with van der Waals surface area (Å²) in [6, 6.07) is 15.5. The minimum atomic E-state index is -0.633. The van der Waals surface area contributed by atoms with Crippen LogP contribution in [0, 0.1) is 0 Å². The maximum absolute atomic E-state index is 12.7. The predicted octanol–water partition coefficient (Wildman–Crippen LogP) is 3.56. The molecule has 0 aliphatic carbocycles. The zero-order valence-electron chi connectivity index (χ0n) is 16.1. The lowest BCUT2D eigenvalue weighted by Crippen LogP contribution is -2.22. The van der Waals surface area contributed by atoms with E-state index in [4.69, 9.17) is 4.74 Å². The van der Waals surface area contributed by atoms with Gasteiger partial charge in [-0.2, -0.15) is 5.10 Å². The number of hydrogen-bond acceptors (Lipinski definition) is 5. The molecule has 0 aliphatic rings. The summed E-state index contributed by atoms with van der Waals surface area (Å²) in [4.78, 5) is 37.2. The number of carbonyl (C=O) groups is 3. The molecule has 7 heteroatoms. The summed E-state index contributed by atoms with van der Waals surface area (Å²) in [5.74, 6) is -1.32. The summed E-state index contributed by atoms with van der Waals surface area (Å²) in [5, 5.41) is 9.25. The highest BCUT2D eigenvalue weighted by Crippen LogP contribution is 2.20. The number of H-pyrrole nitrogens is 1. The number of aromatic amines is 1. The van der Waals surface area contributed by atoms with Gasteiger partial charge in [0, 0.05) is 11.1 Å². The SMILES string of the molecule is CC(C)c1[nH]ncc1C(=O)OCC(=O)Nc1ccccc1C(=O)c1ccccc1. The Labute approximate surface area is 168 Å². The monoisotopic (exact) mass is 391 g/mol. The number of aromatic nitrogens is 2. The van der Waals surface area contributed by atoms with Crippen molar-refractivity contribution in [2.24, 2.45) is 0 Å². The number of esters is 1. The van der Waals surface area contributed by atoms with Gasteiger partial charge in [0.05, 0.1) is 17.6 Å². The van der Waals surface area contributed by atoms with Crippen LogP contribution in [-0.4, -0.2) is 34.5 Å². The first-order valence-electron chi connectivity index (χ1n) is 9.16. The number of anilines is 1. The average molecular weight is 391 g/mol. The fraction of sp³-hybridized carbons (Fsp3) is 0.182. The number of nitrogens with zero attached hydrogens (tertiary/aromatic N) is 1. The maximum atomic E-state index is 12.7. The summed E-state index contributed by atoms with van der Waals surface area (Å²) in [6.07, 6.45) is 1.38. The lowest BCUT2D eigenvalue weighted by atomic mass is 10.0. The van der Waals surface area contributed by atoms with E-state index in [2.05, 4.69) is 15.5 Å². The van der Waals surface area contributed by atoms with E-state index in [0.717, 1.165) is 0 Å². The number of ketones is 1. The molecule has 3 aromatic rings. The molecule has 2 N–H and O–H groups in total. The Morgan fingerprint density at radius 2 is 1.69 bits per heavy atom. The van der Waals surface area contributed by atoms with Crippen LogP contribution in [0.1, 0.15) is 51.7 Å². The Morgan fingerprint density at radius 3 is 2.41 bits per heavy atom. The molecule has 1 amide bonds. The van der Waals surface area contributed by atoms with Gasteiger partial charge >= 0.3 is 5.97 Å². The van der Waals surface area contributed by atoms with Crippen LogP contribution in [0.3, 0.4) is 0 Å². The van der Waals surface area contributed by atoms with Crippen LogP contribution in [0.2, 0.25) is 0 Å². The Kier molecular flexibility index (Phi) is 6.19. The zero-order chi connectivity index (χ0) is 20.8. The number of nitrogens with one attached hydrogen (secondary N) is 2. The van der Waals surface area contributed by atoms with Gasteiger partial charge in [-0.05, 0) is 18.1 Å². The van der Waals surface area contributed by atoms with Gasteiger partial charge < -0.3 is 10.1 Å². The molecule has 0 bridgehead atoms. The molecule has 0 fully saturated rings. The molecule has 7 nitrogen and oxygen atoms in total. The highest BCUT2D eigenvalue weighted by molar-refractivity contribution is 6.14. The molecule has 0 saturated carbocycles. The molecule has 1 heterocycles. The molecule has 0 saturated heterocycles. The fourth-order valence-corrected chi connectivity index (χ4v) is 2.83. The van der Waals surface area contributed by atoms with E-state index < -0.39 is 18.5 Å². The van der Waals surface area contributed by atoms with Crippen LogP contribution < -0.4 is 5.32 Å². The Balaban J connectivity index is 1.66. The van der Waals surface area contributed by atoms with Crippen molar-refractivity contribution < 1.29 is 19.1 Å². The molecule has 0 radical (unpaired) electrons. The van der Waals surface area contributed by atoms with E-state index in [1.54, 1.807) is 48.5 Å². The van der Waals surface area contributed by atoms with Crippen molar-refractivity contribution >= 4 is 23.3 Å². The highest BCUT2D eigenvalue weighted by atomic mass is 16.5. The second-order valence-electron chi connectivity index (χ2n) is 6.72. The third kappa shape index (κ3) is 4.76. The number of rotatable bonds is 7. The van der Waals surface area contributed by atoms with Crippen molar-refractivity contribution in [3.8, 4) is 0 Å². The van der Waals surface area contributed by atoms with Crippen LogP contribution >= 0.6 is 0 Å². The Bertz CT molecular complexity index is 1030. The number of para-hydroxylation sites is 1. The average Bonchev–Trinajstić information content (AvgIpc) is 3.23. The van der Waals surface area contributed by atoms with E-state index in [-0.39, 0.29) is 11.7 Å². The zero-order valence-corrected chi connectivity index (χ0v) is 16.1. The number of ether oxygens (including phenoxy) is 1. The summed E-state index contributed by atoms with van der Waals surface area (Å²) in [6.45, 7) is 3.35. The number of benzene rings is 2. The van der Waals surface area contributed by atoms with Gasteiger partial charge in [-0.25, -0.2) is 4.79 Å². The lowest BCUT2D eigenvalue weighted by Gasteiger charge is -2.11. The molecule has 0 spiro atoms. The van der Waals surface area contributed by atoms with Crippen molar-refractivity contribution in [3.05, 3.63) is 83.2 Å². The third-order valence-corrected chi connectivity index (χ3v) is 4.28. The summed E-state index contributed by atoms with van der Waals surface area (Å²) in [5.41, 5.74) is 2.17. The van der Waals surface area contributed by atoms with Gasteiger partial charge in [0.25, 0.3) is 5.91 Å². The number of hydrogen-bond donors (Lipinski definition) is 2. The van der Waals surface area contributed by atoms with Gasteiger partial charge in [0.1, 0.15) is 5.56 Å². The quantitative estimate of drug-likeness (QED) is 0.474. The first kappa shape index (κ1) is 20.0. The normalized spacial score (nSPS) is 10.6. The largest absolute Gasteiger partial charge is 0.452 e. The van der Waals surface area contributed by atoms with Crippen molar-refractivity contribution in [1.29, 1.82) is 0 Å². The van der Waals surface area contributed by atoms with Crippen molar-refractivity contribution in [2.45, 2.75) is 19.8 Å². The topological polar surface area (TPSA) is 101 Å². The summed E-state index contributed by atoms with van der Waals surface area (Å²) in [7, 11) is 0. The van der Waals surface area contributed by atoms with Gasteiger partial charge in [-0.1, -0.05) is 56.3 Å². The summed E-state index contributed by atoms with van der Waals surface area (Å²) < 4.78 is 5.10. The molecule has 3 rings (SSSR count). The molecule has 0 atom stereocenters. The molecular weight excluding hydrogens is 370 g/mol. The molecule has 0 aliphatic heterocycles. The number of amides is 1. The van der Waals surface area contributed by atoms with Crippen molar-refractivity contribution in [3.63, 3.8) is 0 Å². The maximum Gasteiger partial charge on any atom is 0.342 e. The third-order valence-electron chi connectivity index (χ3n) is 4.28. The standard InChI is InChI=1S/C22H21N3O4/c1-14(2)20-17(12-23-25-20)22(28)29-13-19(26)24-18-11-7-6-10-16(18)21(27)15-8-4-3-5-9-15/h3-12,14H,13H2,1-2H3,(H,23,25)(H,24,26). The van der Waals surface area contributed by atoms with E-state index in [1.807, 2.05) is 19.9 Å². The fourth-order valence-electron chi connectivity index (χ4n) is 2.83. The van der Waals surface area contributed by atoms with E-state index in [0.29, 0.717) is 28.1 Å². The van der Waals surface area contributed by atoms with E-state index in [9.17, 15) is 14.4 Å². The van der Waals surface area contributed by atoms with Gasteiger partial charge in [0.15, 0.2) is 12.4 Å². The van der Waals surface area contributed by atoms with Crippen LogP contribution in [-0.2, 0) is 9.53 Å². The smallest absolute Gasteiger partial charge is 0.342 e. The van der Waals surface area contributed by atoms with Crippen molar-refractivity contribution in [2.75, 3.05) is 11.9 Å². The molecule has 29 heavy (non-hydrogen) atoms. The summed E-state index contributed by atoms with van der Waals surface area (Å²) >= 11 is 0. The van der Waals surface area contributed by atoms with Crippen LogP contribution in [0.5, 0.6) is 0 Å². The minimum absolute atomic E-state index is 0.0600. The Hall–Kier alpha value is -3.74. The predicted molar refractivity (Wildman–Crippen MR) is 108 cm³/mol. The molecule has 1 aromatic heterocycles. The highest BCUT2D eigenvalue weighted by Gasteiger charge is 2.19. The van der Waals surface area contributed by atoms with Crippen LogP contribution in [0.25, 0.3) is 0 Å². The number of carbonyl (C=O) groups excluding carboxylic acids is 3. The Morgan fingerprint density at radius 1 is 1.00 bits per heavy atom. The second kappa shape index (κ2) is 8.97. The van der Waals surface area contributed by atoms with Gasteiger partial charge in [0.2, 0.25) is 0 Å². The van der Waals surface area contributed by atoms with E-state index in [1.165, 1.54) is 6.20 Å². The van der Waals surface area contributed by atoms with Gasteiger partial charge in [-0.15, -0.1) is 0 Å². The first-order chi connectivity index (χ1) is 14.0. The molecule has 2 aromatic carbocycles. The molecule has 148 valence electrons. The molecule has 0 unspecified atom stereocenters. The van der Waals surface area contributed by atoms with E-state index >= 15 is 0 Å². The van der Waals surface area contributed by atoms with Gasteiger partial charge in [-0.3, -0.25) is 14.7 Å². The first-order valence-corrected chi connectivity index (χ1v) is 9.16.